The maximum atomic E-state index is 13.3. The Morgan fingerprint density at radius 2 is 1.82 bits per heavy atom. The van der Waals surface area contributed by atoms with Crippen LogP contribution in [0.15, 0.2) is 42.5 Å². The molecule has 0 bridgehead atoms. The van der Waals surface area contributed by atoms with Gasteiger partial charge in [0.15, 0.2) is 17.6 Å². The van der Waals surface area contributed by atoms with E-state index in [-0.39, 0.29) is 31.1 Å². The fourth-order valence-electron chi connectivity index (χ4n) is 4.21. The minimum Gasteiger partial charge on any atom is -0.493 e. The number of rotatable bonds is 9. The average molecular weight is 466 g/mol. The third-order valence-electron chi connectivity index (χ3n) is 5.76. The van der Waals surface area contributed by atoms with Gasteiger partial charge >= 0.3 is 0 Å². The summed E-state index contributed by atoms with van der Waals surface area (Å²) in [6.45, 7) is 0.201. The summed E-state index contributed by atoms with van der Waals surface area (Å²) in [6, 6.07) is 12.8. The molecule has 33 heavy (non-hydrogen) atoms. The molecular weight excluding hydrogens is 438 g/mol. The molecule has 0 spiro atoms. The van der Waals surface area contributed by atoms with Gasteiger partial charge in [-0.25, -0.2) is 0 Å². The van der Waals surface area contributed by atoms with Crippen molar-refractivity contribution in [2.24, 2.45) is 0 Å². The van der Waals surface area contributed by atoms with E-state index in [0.29, 0.717) is 22.1 Å². The molecule has 0 radical (unpaired) electrons. The molecule has 1 saturated carbocycles. The second kappa shape index (κ2) is 12.2. The zero-order valence-corrected chi connectivity index (χ0v) is 19.4. The van der Waals surface area contributed by atoms with Gasteiger partial charge in [0.05, 0.1) is 7.11 Å². The first kappa shape index (κ1) is 24.5. The van der Waals surface area contributed by atoms with Crippen LogP contribution in [-0.2, 0) is 9.53 Å². The Balaban J connectivity index is 1.80. The Hall–Kier alpha value is -3.12. The van der Waals surface area contributed by atoms with E-state index in [4.69, 9.17) is 38.7 Å². The molecular formula is C27H28ClNO4. The van der Waals surface area contributed by atoms with Crippen LogP contribution in [0.25, 0.3) is 0 Å². The highest BCUT2D eigenvalue weighted by atomic mass is 35.5. The molecule has 0 aromatic heterocycles. The first-order valence-corrected chi connectivity index (χ1v) is 11.3. The largest absolute Gasteiger partial charge is 0.493 e. The van der Waals surface area contributed by atoms with Gasteiger partial charge in [0.1, 0.15) is 13.2 Å². The summed E-state index contributed by atoms with van der Waals surface area (Å²) in [4.78, 5) is 13.3. The lowest BCUT2D eigenvalue weighted by Crippen LogP contribution is -2.43. The quantitative estimate of drug-likeness (QED) is 0.535. The summed E-state index contributed by atoms with van der Waals surface area (Å²) >= 11 is 6.00. The number of hydrogen-bond acceptors (Lipinski definition) is 4. The average Bonchev–Trinajstić information content (AvgIpc) is 2.84. The van der Waals surface area contributed by atoms with E-state index < -0.39 is 6.10 Å². The number of nitrogens with one attached hydrogen (secondary N) is 1. The Kier molecular flexibility index (Phi) is 9.07. The predicted octanol–water partition coefficient (Wildman–Crippen LogP) is 4.89. The third kappa shape index (κ3) is 6.45. The lowest BCUT2D eigenvalue weighted by Gasteiger charge is -2.34. The number of terminal acetylenes is 2. The van der Waals surface area contributed by atoms with Crippen LogP contribution in [0.5, 0.6) is 11.5 Å². The van der Waals surface area contributed by atoms with Crippen LogP contribution in [0.2, 0.25) is 5.02 Å². The van der Waals surface area contributed by atoms with E-state index >= 15 is 0 Å². The fourth-order valence-corrected chi connectivity index (χ4v) is 4.33. The van der Waals surface area contributed by atoms with Crippen molar-refractivity contribution in [2.45, 2.75) is 43.7 Å². The van der Waals surface area contributed by atoms with Crippen molar-refractivity contribution >= 4 is 17.5 Å². The van der Waals surface area contributed by atoms with Crippen molar-refractivity contribution in [1.82, 2.24) is 5.32 Å². The summed E-state index contributed by atoms with van der Waals surface area (Å²) in [5, 5.41) is 3.80. The third-order valence-corrected chi connectivity index (χ3v) is 6.02. The van der Waals surface area contributed by atoms with Gasteiger partial charge in [-0.1, -0.05) is 54.5 Å². The second-order valence-corrected chi connectivity index (χ2v) is 8.29. The molecule has 1 unspecified atom stereocenters. The van der Waals surface area contributed by atoms with Crippen molar-refractivity contribution in [3.8, 4) is 36.2 Å². The molecule has 6 heteroatoms. The van der Waals surface area contributed by atoms with Crippen LogP contribution in [0.3, 0.4) is 0 Å². The molecule has 3 atom stereocenters. The van der Waals surface area contributed by atoms with Gasteiger partial charge in [-0.2, -0.15) is 0 Å². The number of carbonyl (C=O) groups excluding carboxylic acids is 1. The van der Waals surface area contributed by atoms with Gasteiger partial charge in [-0.3, -0.25) is 4.79 Å². The van der Waals surface area contributed by atoms with E-state index in [1.807, 2.05) is 18.2 Å². The van der Waals surface area contributed by atoms with Crippen molar-refractivity contribution in [3.05, 3.63) is 58.6 Å². The maximum Gasteiger partial charge on any atom is 0.254 e. The lowest BCUT2D eigenvalue weighted by molar-refractivity contribution is -0.133. The molecule has 3 rings (SSSR count). The summed E-state index contributed by atoms with van der Waals surface area (Å²) in [6.07, 6.45) is 13.8. The molecule has 2 aromatic carbocycles. The Morgan fingerprint density at radius 3 is 2.52 bits per heavy atom. The van der Waals surface area contributed by atoms with Gasteiger partial charge < -0.3 is 19.5 Å². The van der Waals surface area contributed by atoms with E-state index in [1.54, 1.807) is 31.4 Å². The highest BCUT2D eigenvalue weighted by Gasteiger charge is 2.31. The van der Waals surface area contributed by atoms with Crippen molar-refractivity contribution in [1.29, 1.82) is 0 Å². The van der Waals surface area contributed by atoms with E-state index in [0.717, 1.165) is 31.2 Å². The SMILES string of the molecule is C#CCOc1ccc([C@@H]2CCCC[C@H]2NC(=O)C(OCC#C)c2ccc(Cl)cc2)cc1OC. The first-order valence-electron chi connectivity index (χ1n) is 10.9. The smallest absolute Gasteiger partial charge is 0.254 e. The monoisotopic (exact) mass is 465 g/mol. The first-order chi connectivity index (χ1) is 16.1. The molecule has 5 nitrogen and oxygen atoms in total. The molecule has 1 fully saturated rings. The van der Waals surface area contributed by atoms with Crippen molar-refractivity contribution in [2.75, 3.05) is 20.3 Å². The summed E-state index contributed by atoms with van der Waals surface area (Å²) in [7, 11) is 1.60. The zero-order chi connectivity index (χ0) is 23.6. The van der Waals surface area contributed by atoms with Crippen LogP contribution in [0.1, 0.15) is 48.8 Å². The molecule has 1 N–H and O–H groups in total. The Bertz CT molecular complexity index is 1020. The van der Waals surface area contributed by atoms with Gasteiger partial charge in [0.2, 0.25) is 0 Å². The molecule has 1 aliphatic carbocycles. The minimum atomic E-state index is -0.810. The highest BCUT2D eigenvalue weighted by Crippen LogP contribution is 2.38. The number of carbonyl (C=O) groups is 1. The second-order valence-electron chi connectivity index (χ2n) is 7.86. The van der Waals surface area contributed by atoms with Gasteiger partial charge in [-0.15, -0.1) is 12.8 Å². The number of ether oxygens (including phenoxy) is 3. The van der Waals surface area contributed by atoms with Crippen LogP contribution in [0, 0.1) is 24.7 Å². The van der Waals surface area contributed by atoms with Crippen LogP contribution in [-0.4, -0.2) is 32.3 Å². The molecule has 1 amide bonds. The Labute approximate surface area is 200 Å². The summed E-state index contributed by atoms with van der Waals surface area (Å²) < 4.78 is 16.8. The topological polar surface area (TPSA) is 56.8 Å². The van der Waals surface area contributed by atoms with Crippen molar-refractivity contribution < 1.29 is 19.0 Å². The summed E-state index contributed by atoms with van der Waals surface area (Å²) in [5.41, 5.74) is 1.79. The highest BCUT2D eigenvalue weighted by molar-refractivity contribution is 6.30. The van der Waals surface area contributed by atoms with Crippen LogP contribution >= 0.6 is 11.6 Å². The van der Waals surface area contributed by atoms with Crippen molar-refractivity contribution in [3.63, 3.8) is 0 Å². The predicted molar refractivity (Wildman–Crippen MR) is 129 cm³/mol. The van der Waals surface area contributed by atoms with Gasteiger partial charge in [0.25, 0.3) is 5.91 Å². The molecule has 0 saturated heterocycles. The Morgan fingerprint density at radius 1 is 1.09 bits per heavy atom. The zero-order valence-electron chi connectivity index (χ0n) is 18.7. The van der Waals surface area contributed by atoms with E-state index in [2.05, 4.69) is 17.2 Å². The molecule has 0 aliphatic heterocycles. The number of halogens is 1. The number of methoxy groups -OCH3 is 1. The molecule has 2 aromatic rings. The lowest BCUT2D eigenvalue weighted by atomic mass is 9.79. The molecule has 1 aliphatic rings. The minimum absolute atomic E-state index is 0.0329. The number of hydrogen-bond donors (Lipinski definition) is 1. The van der Waals surface area contributed by atoms with Crippen LogP contribution < -0.4 is 14.8 Å². The van der Waals surface area contributed by atoms with E-state index in [1.165, 1.54) is 0 Å². The maximum absolute atomic E-state index is 13.3. The van der Waals surface area contributed by atoms with Gasteiger partial charge in [-0.05, 0) is 48.2 Å². The molecule has 172 valence electrons. The normalized spacial score (nSPS) is 18.4. The summed E-state index contributed by atoms with van der Waals surface area (Å²) in [5.74, 6) is 6.03. The molecule has 0 heterocycles. The standard InChI is InChI=1S/C27H28ClNO4/c1-4-16-32-24-15-12-20(18-25(24)31-3)22-8-6-7-9-23(22)29-27(30)26(33-17-5-2)19-10-13-21(28)14-11-19/h1-2,10-15,18,22-23,26H,6-9,16-17H2,3H3,(H,29,30)/t22-,23+,26?/m0/s1. The fraction of sp³-hybridized carbons (Fsp3) is 0.370. The number of amides is 1. The number of benzene rings is 2. The van der Waals surface area contributed by atoms with E-state index in [9.17, 15) is 4.79 Å². The van der Waals surface area contributed by atoms with Gasteiger partial charge in [0, 0.05) is 17.0 Å². The van der Waals surface area contributed by atoms with Crippen LogP contribution in [0.4, 0.5) is 0 Å².